The van der Waals surface area contributed by atoms with Crippen molar-refractivity contribution in [2.75, 3.05) is 6.54 Å². The van der Waals surface area contributed by atoms with Crippen molar-refractivity contribution in [1.82, 2.24) is 15.1 Å². The summed E-state index contributed by atoms with van der Waals surface area (Å²) >= 11 is 0. The van der Waals surface area contributed by atoms with Gasteiger partial charge in [0.1, 0.15) is 23.3 Å². The van der Waals surface area contributed by atoms with Gasteiger partial charge in [0.05, 0.1) is 12.2 Å². The molecule has 2 N–H and O–H groups in total. The van der Waals surface area contributed by atoms with E-state index in [2.05, 4.69) is 10.4 Å². The van der Waals surface area contributed by atoms with Gasteiger partial charge in [-0.15, -0.1) is 0 Å². The van der Waals surface area contributed by atoms with Crippen LogP contribution in [-0.2, 0) is 10.4 Å². The lowest BCUT2D eigenvalue weighted by molar-refractivity contribution is -0.125. The maximum atomic E-state index is 13.8. The molecule has 0 spiro atoms. The molecule has 24 heavy (non-hydrogen) atoms. The number of rotatable bonds is 5. The van der Waals surface area contributed by atoms with Gasteiger partial charge in [-0.2, -0.15) is 5.10 Å². The third-order valence-corrected chi connectivity index (χ3v) is 3.91. The van der Waals surface area contributed by atoms with E-state index in [1.165, 1.54) is 13.0 Å². The van der Waals surface area contributed by atoms with Gasteiger partial charge in [-0.1, -0.05) is 6.07 Å². The van der Waals surface area contributed by atoms with Crippen molar-refractivity contribution >= 4 is 5.91 Å². The van der Waals surface area contributed by atoms with E-state index in [0.29, 0.717) is 6.07 Å². The van der Waals surface area contributed by atoms with Crippen LogP contribution in [0, 0.1) is 25.5 Å². The molecule has 0 aliphatic heterocycles. The molecule has 0 saturated carbocycles. The highest BCUT2D eigenvalue weighted by Gasteiger charge is 2.28. The molecule has 5 nitrogen and oxygen atoms in total. The highest BCUT2D eigenvalue weighted by molar-refractivity contribution is 5.80. The third-order valence-electron chi connectivity index (χ3n) is 3.91. The van der Waals surface area contributed by atoms with Crippen molar-refractivity contribution < 1.29 is 18.7 Å². The summed E-state index contributed by atoms with van der Waals surface area (Å²) in [6, 6.07) is 4.21. The van der Waals surface area contributed by atoms with E-state index < -0.39 is 23.3 Å². The molecule has 0 aliphatic carbocycles. The monoisotopic (exact) mass is 337 g/mol. The Balaban J connectivity index is 2.08. The molecule has 0 aliphatic rings. The van der Waals surface area contributed by atoms with Crippen molar-refractivity contribution in [3.63, 3.8) is 0 Å². The first kappa shape index (κ1) is 18.1. The van der Waals surface area contributed by atoms with Gasteiger partial charge in [0.2, 0.25) is 5.91 Å². The minimum Gasteiger partial charge on any atom is -0.383 e. The van der Waals surface area contributed by atoms with Crippen LogP contribution in [0.3, 0.4) is 0 Å². The summed E-state index contributed by atoms with van der Waals surface area (Å²) in [6.07, 6.45) is 0. The van der Waals surface area contributed by atoms with Crippen molar-refractivity contribution in [3.05, 3.63) is 52.9 Å². The molecular weight excluding hydrogens is 316 g/mol. The fraction of sp³-hybridized carbons (Fsp3) is 0.412. The largest absolute Gasteiger partial charge is 0.383 e. The van der Waals surface area contributed by atoms with Crippen molar-refractivity contribution in [2.24, 2.45) is 0 Å². The standard InChI is InChI=1S/C17H21F2N3O2/c1-10-7-11(2)22(21-10)12(3)16(23)20-9-17(4,24)14-6-5-13(18)8-15(14)19/h5-8,12,24H,9H2,1-4H3,(H,20,23)/t12-,17-/m1/s1. The Bertz CT molecular complexity index is 756. The molecule has 130 valence electrons. The third kappa shape index (κ3) is 3.79. The van der Waals surface area contributed by atoms with Gasteiger partial charge in [-0.25, -0.2) is 8.78 Å². The van der Waals surface area contributed by atoms with Crippen LogP contribution in [-0.4, -0.2) is 27.3 Å². The molecule has 2 rings (SSSR count). The van der Waals surface area contributed by atoms with Crippen LogP contribution < -0.4 is 5.32 Å². The molecule has 0 fully saturated rings. The zero-order valence-electron chi connectivity index (χ0n) is 14.1. The van der Waals surface area contributed by atoms with Crippen molar-refractivity contribution in [2.45, 2.75) is 39.3 Å². The smallest absolute Gasteiger partial charge is 0.244 e. The number of carbonyl (C=O) groups is 1. The van der Waals surface area contributed by atoms with Crippen molar-refractivity contribution in [1.29, 1.82) is 0 Å². The van der Waals surface area contributed by atoms with Crippen LogP contribution >= 0.6 is 0 Å². The second-order valence-corrected chi connectivity index (χ2v) is 6.16. The van der Waals surface area contributed by atoms with Gasteiger partial charge in [0.15, 0.2) is 0 Å². The number of aryl methyl sites for hydroxylation is 2. The van der Waals surface area contributed by atoms with Gasteiger partial charge in [-0.3, -0.25) is 9.48 Å². The summed E-state index contributed by atoms with van der Waals surface area (Å²) in [5.74, 6) is -1.95. The number of benzene rings is 1. The molecular formula is C17H21F2N3O2. The molecule has 2 atom stereocenters. The van der Waals surface area contributed by atoms with E-state index in [4.69, 9.17) is 0 Å². The molecule has 1 aromatic carbocycles. The Kier molecular flexibility index (Phi) is 5.03. The molecule has 0 saturated heterocycles. The van der Waals surface area contributed by atoms with Gasteiger partial charge >= 0.3 is 0 Å². The van der Waals surface area contributed by atoms with Gasteiger partial charge in [0, 0.05) is 17.3 Å². The molecule has 0 radical (unpaired) electrons. The summed E-state index contributed by atoms with van der Waals surface area (Å²) in [5, 5.41) is 17.3. The Morgan fingerprint density at radius 1 is 1.38 bits per heavy atom. The number of aromatic nitrogens is 2. The van der Waals surface area contributed by atoms with E-state index in [0.717, 1.165) is 17.5 Å². The lowest BCUT2D eigenvalue weighted by atomic mass is 9.95. The normalized spacial score (nSPS) is 15.0. The fourth-order valence-electron chi connectivity index (χ4n) is 2.58. The summed E-state index contributed by atoms with van der Waals surface area (Å²) in [4.78, 5) is 12.3. The number of amides is 1. The van der Waals surface area contributed by atoms with Crippen LogP contribution in [0.4, 0.5) is 8.78 Å². The van der Waals surface area contributed by atoms with Crippen LogP contribution in [0.1, 0.15) is 36.8 Å². The Morgan fingerprint density at radius 3 is 2.58 bits per heavy atom. The average molecular weight is 337 g/mol. The van der Waals surface area contributed by atoms with Crippen LogP contribution in [0.25, 0.3) is 0 Å². The maximum absolute atomic E-state index is 13.8. The molecule has 1 amide bonds. The minimum absolute atomic E-state index is 0.0806. The number of carbonyl (C=O) groups excluding carboxylic acids is 1. The zero-order chi connectivity index (χ0) is 18.1. The van der Waals surface area contributed by atoms with Crippen molar-refractivity contribution in [3.8, 4) is 0 Å². The Labute approximate surface area is 139 Å². The number of aliphatic hydroxyl groups is 1. The topological polar surface area (TPSA) is 67.2 Å². The predicted octanol–water partition coefficient (Wildman–Crippen LogP) is 2.36. The van der Waals surface area contributed by atoms with E-state index >= 15 is 0 Å². The number of nitrogens with zero attached hydrogens (tertiary/aromatic N) is 2. The highest BCUT2D eigenvalue weighted by atomic mass is 19.1. The van der Waals surface area contributed by atoms with Crippen LogP contribution in [0.2, 0.25) is 0 Å². The van der Waals surface area contributed by atoms with Gasteiger partial charge in [-0.05, 0) is 39.8 Å². The lowest BCUT2D eigenvalue weighted by Crippen LogP contribution is -2.42. The quantitative estimate of drug-likeness (QED) is 0.880. The average Bonchev–Trinajstić information content (AvgIpc) is 2.82. The number of nitrogens with one attached hydrogen (secondary N) is 1. The zero-order valence-corrected chi connectivity index (χ0v) is 14.1. The number of hydrogen-bond donors (Lipinski definition) is 2. The lowest BCUT2D eigenvalue weighted by Gasteiger charge is -2.25. The maximum Gasteiger partial charge on any atom is 0.244 e. The summed E-state index contributed by atoms with van der Waals surface area (Å²) < 4.78 is 28.4. The van der Waals surface area contributed by atoms with Gasteiger partial charge < -0.3 is 10.4 Å². The molecule has 7 heteroatoms. The first-order chi connectivity index (χ1) is 11.1. The molecule has 0 bridgehead atoms. The molecule has 2 aromatic rings. The second kappa shape index (κ2) is 6.68. The van der Waals surface area contributed by atoms with Crippen LogP contribution in [0.5, 0.6) is 0 Å². The fourth-order valence-corrected chi connectivity index (χ4v) is 2.58. The van der Waals surface area contributed by atoms with E-state index in [9.17, 15) is 18.7 Å². The Morgan fingerprint density at radius 2 is 2.04 bits per heavy atom. The Hall–Kier alpha value is -2.28. The first-order valence-corrected chi connectivity index (χ1v) is 7.60. The number of hydrogen-bond acceptors (Lipinski definition) is 3. The second-order valence-electron chi connectivity index (χ2n) is 6.16. The van der Waals surface area contributed by atoms with E-state index in [1.54, 1.807) is 11.6 Å². The first-order valence-electron chi connectivity index (χ1n) is 7.60. The molecule has 1 aromatic heterocycles. The highest BCUT2D eigenvalue weighted by Crippen LogP contribution is 2.23. The minimum atomic E-state index is -1.66. The SMILES string of the molecule is Cc1cc(C)n([C@H](C)C(=O)NC[C@@](C)(O)c2ccc(F)cc2F)n1. The van der Waals surface area contributed by atoms with Gasteiger partial charge in [0.25, 0.3) is 0 Å². The number of halogens is 2. The van der Waals surface area contributed by atoms with Crippen LogP contribution in [0.15, 0.2) is 24.3 Å². The summed E-state index contributed by atoms with van der Waals surface area (Å²) in [7, 11) is 0. The molecule has 1 heterocycles. The molecule has 0 unspecified atom stereocenters. The summed E-state index contributed by atoms with van der Waals surface area (Å²) in [5.41, 5.74) is -0.107. The summed E-state index contributed by atoms with van der Waals surface area (Å²) in [6.45, 7) is 6.50. The van der Waals surface area contributed by atoms with E-state index in [-0.39, 0.29) is 18.0 Å². The predicted molar refractivity (Wildman–Crippen MR) is 85.4 cm³/mol. The van der Waals surface area contributed by atoms with E-state index in [1.807, 2.05) is 19.9 Å².